The summed E-state index contributed by atoms with van der Waals surface area (Å²) in [7, 11) is 0. The van der Waals surface area contributed by atoms with Gasteiger partial charge in [-0.3, -0.25) is 4.79 Å². The van der Waals surface area contributed by atoms with Gasteiger partial charge < -0.3 is 9.64 Å². The SMILES string of the molecule is CCCCOCN(C=O)CC. The molecule has 0 atom stereocenters. The highest BCUT2D eigenvalue weighted by Crippen LogP contribution is 1.89. The van der Waals surface area contributed by atoms with Crippen molar-refractivity contribution >= 4 is 6.41 Å². The van der Waals surface area contributed by atoms with Crippen molar-refractivity contribution in [3.63, 3.8) is 0 Å². The van der Waals surface area contributed by atoms with Gasteiger partial charge in [0.2, 0.25) is 6.41 Å². The van der Waals surface area contributed by atoms with E-state index in [0.717, 1.165) is 32.4 Å². The van der Waals surface area contributed by atoms with Crippen LogP contribution in [0.25, 0.3) is 0 Å². The average molecular weight is 159 g/mol. The molecular weight excluding hydrogens is 142 g/mol. The van der Waals surface area contributed by atoms with Gasteiger partial charge in [0.1, 0.15) is 6.73 Å². The van der Waals surface area contributed by atoms with E-state index in [9.17, 15) is 4.79 Å². The second-order valence-corrected chi connectivity index (χ2v) is 2.40. The standard InChI is InChI=1S/C8H17NO2/c1-3-5-6-11-8-9(4-2)7-10/h7H,3-6,8H2,1-2H3. The summed E-state index contributed by atoms with van der Waals surface area (Å²) >= 11 is 0. The lowest BCUT2D eigenvalue weighted by Crippen LogP contribution is -2.24. The van der Waals surface area contributed by atoms with Crippen LogP contribution in [0, 0.1) is 0 Å². The van der Waals surface area contributed by atoms with E-state index in [4.69, 9.17) is 4.74 Å². The molecule has 0 radical (unpaired) electrons. The molecule has 0 rings (SSSR count). The fraction of sp³-hybridized carbons (Fsp3) is 0.875. The molecule has 0 aromatic heterocycles. The van der Waals surface area contributed by atoms with Gasteiger partial charge in [-0.05, 0) is 13.3 Å². The molecule has 0 aliphatic heterocycles. The zero-order valence-corrected chi connectivity index (χ0v) is 7.38. The number of hydrogen-bond donors (Lipinski definition) is 0. The summed E-state index contributed by atoms with van der Waals surface area (Å²) in [5.74, 6) is 0. The molecule has 0 saturated carbocycles. The lowest BCUT2D eigenvalue weighted by atomic mass is 10.4. The molecule has 0 aliphatic carbocycles. The van der Waals surface area contributed by atoms with Crippen LogP contribution in [0.15, 0.2) is 0 Å². The minimum Gasteiger partial charge on any atom is -0.361 e. The maximum Gasteiger partial charge on any atom is 0.211 e. The Balaban J connectivity index is 3.14. The molecule has 0 fully saturated rings. The van der Waals surface area contributed by atoms with Crippen molar-refractivity contribution in [2.45, 2.75) is 26.7 Å². The predicted molar refractivity (Wildman–Crippen MR) is 44.2 cm³/mol. The maximum atomic E-state index is 10.2. The van der Waals surface area contributed by atoms with E-state index in [0.29, 0.717) is 6.73 Å². The highest BCUT2D eigenvalue weighted by Gasteiger charge is 1.95. The van der Waals surface area contributed by atoms with E-state index >= 15 is 0 Å². The minimum absolute atomic E-state index is 0.431. The van der Waals surface area contributed by atoms with Crippen LogP contribution in [0.4, 0.5) is 0 Å². The van der Waals surface area contributed by atoms with Crippen molar-refractivity contribution in [1.29, 1.82) is 0 Å². The van der Waals surface area contributed by atoms with Crippen molar-refractivity contribution in [3.05, 3.63) is 0 Å². The fourth-order valence-corrected chi connectivity index (χ4v) is 0.624. The summed E-state index contributed by atoms with van der Waals surface area (Å²) in [6.07, 6.45) is 3.01. The van der Waals surface area contributed by atoms with Gasteiger partial charge >= 0.3 is 0 Å². The Morgan fingerprint density at radius 1 is 1.45 bits per heavy atom. The Hall–Kier alpha value is -0.570. The minimum atomic E-state index is 0.431. The summed E-state index contributed by atoms with van der Waals surface area (Å²) in [6, 6.07) is 0. The van der Waals surface area contributed by atoms with Gasteiger partial charge in [-0.15, -0.1) is 0 Å². The lowest BCUT2D eigenvalue weighted by molar-refractivity contribution is -0.123. The van der Waals surface area contributed by atoms with E-state index in [2.05, 4.69) is 6.92 Å². The van der Waals surface area contributed by atoms with Crippen LogP contribution in [0.1, 0.15) is 26.7 Å². The van der Waals surface area contributed by atoms with Crippen LogP contribution >= 0.6 is 0 Å². The number of unbranched alkanes of at least 4 members (excludes halogenated alkanes) is 1. The smallest absolute Gasteiger partial charge is 0.211 e. The van der Waals surface area contributed by atoms with Gasteiger partial charge in [-0.1, -0.05) is 13.3 Å². The second-order valence-electron chi connectivity index (χ2n) is 2.40. The second kappa shape index (κ2) is 7.54. The molecule has 0 aromatic carbocycles. The van der Waals surface area contributed by atoms with Gasteiger partial charge in [0.25, 0.3) is 0 Å². The molecule has 11 heavy (non-hydrogen) atoms. The van der Waals surface area contributed by atoms with Gasteiger partial charge in [0.05, 0.1) is 0 Å². The van der Waals surface area contributed by atoms with Crippen molar-refractivity contribution in [3.8, 4) is 0 Å². The van der Waals surface area contributed by atoms with Crippen LogP contribution in [-0.2, 0) is 9.53 Å². The molecule has 0 aliphatic rings. The number of hydrogen-bond acceptors (Lipinski definition) is 2. The topological polar surface area (TPSA) is 29.5 Å². The first kappa shape index (κ1) is 10.4. The van der Waals surface area contributed by atoms with E-state index in [-0.39, 0.29) is 0 Å². The van der Waals surface area contributed by atoms with Crippen molar-refractivity contribution in [1.82, 2.24) is 4.90 Å². The number of carbonyl (C=O) groups excluding carboxylic acids is 1. The molecular formula is C8H17NO2. The summed E-state index contributed by atoms with van der Waals surface area (Å²) in [5, 5.41) is 0. The molecule has 0 heterocycles. The fourth-order valence-electron chi connectivity index (χ4n) is 0.624. The Kier molecular flexibility index (Phi) is 7.15. The van der Waals surface area contributed by atoms with Crippen LogP contribution in [0.5, 0.6) is 0 Å². The quantitative estimate of drug-likeness (QED) is 0.318. The van der Waals surface area contributed by atoms with E-state index in [1.54, 1.807) is 4.90 Å². The third kappa shape index (κ3) is 5.85. The molecule has 3 heteroatoms. The van der Waals surface area contributed by atoms with Crippen LogP contribution in [0.2, 0.25) is 0 Å². The Labute approximate surface area is 68.3 Å². The number of amides is 1. The van der Waals surface area contributed by atoms with Crippen LogP contribution in [0.3, 0.4) is 0 Å². The summed E-state index contributed by atoms with van der Waals surface area (Å²) in [6.45, 7) is 5.94. The monoisotopic (exact) mass is 159 g/mol. The molecule has 0 unspecified atom stereocenters. The summed E-state index contributed by atoms with van der Waals surface area (Å²) in [4.78, 5) is 11.8. The number of nitrogens with zero attached hydrogens (tertiary/aromatic N) is 1. The Morgan fingerprint density at radius 2 is 2.18 bits per heavy atom. The van der Waals surface area contributed by atoms with Crippen molar-refractivity contribution < 1.29 is 9.53 Å². The molecule has 0 N–H and O–H groups in total. The first-order chi connectivity index (χ1) is 5.35. The Morgan fingerprint density at radius 3 is 2.64 bits per heavy atom. The third-order valence-corrected chi connectivity index (χ3v) is 1.45. The highest BCUT2D eigenvalue weighted by atomic mass is 16.5. The number of ether oxygens (including phenoxy) is 1. The Bertz CT molecular complexity index is 96.1. The lowest BCUT2D eigenvalue weighted by Gasteiger charge is -2.14. The zero-order chi connectivity index (χ0) is 8.53. The van der Waals surface area contributed by atoms with Gasteiger partial charge in [-0.2, -0.15) is 0 Å². The molecule has 0 aromatic rings. The predicted octanol–water partition coefficient (Wildman–Crippen LogP) is 1.24. The molecule has 1 amide bonds. The van der Waals surface area contributed by atoms with Crippen LogP contribution < -0.4 is 0 Å². The molecule has 0 saturated heterocycles. The van der Waals surface area contributed by atoms with E-state index < -0.39 is 0 Å². The normalized spacial score (nSPS) is 9.64. The highest BCUT2D eigenvalue weighted by molar-refractivity contribution is 5.46. The maximum absolute atomic E-state index is 10.2. The molecule has 0 bridgehead atoms. The molecule has 3 nitrogen and oxygen atoms in total. The average Bonchev–Trinajstić information content (AvgIpc) is 2.05. The first-order valence-corrected chi connectivity index (χ1v) is 4.12. The van der Waals surface area contributed by atoms with Crippen molar-refractivity contribution in [2.75, 3.05) is 19.9 Å². The summed E-state index contributed by atoms with van der Waals surface area (Å²) < 4.78 is 5.21. The number of rotatable bonds is 7. The number of carbonyl (C=O) groups is 1. The van der Waals surface area contributed by atoms with Gasteiger partial charge in [0, 0.05) is 13.2 Å². The van der Waals surface area contributed by atoms with Crippen molar-refractivity contribution in [2.24, 2.45) is 0 Å². The van der Waals surface area contributed by atoms with E-state index in [1.165, 1.54) is 0 Å². The summed E-state index contributed by atoms with van der Waals surface area (Å²) in [5.41, 5.74) is 0. The van der Waals surface area contributed by atoms with E-state index in [1.807, 2.05) is 6.92 Å². The molecule has 66 valence electrons. The largest absolute Gasteiger partial charge is 0.361 e. The zero-order valence-electron chi connectivity index (χ0n) is 7.38. The van der Waals surface area contributed by atoms with Crippen LogP contribution in [-0.4, -0.2) is 31.2 Å². The van der Waals surface area contributed by atoms with Gasteiger partial charge in [-0.25, -0.2) is 0 Å². The third-order valence-electron chi connectivity index (χ3n) is 1.45. The molecule has 0 spiro atoms. The van der Waals surface area contributed by atoms with Gasteiger partial charge in [0.15, 0.2) is 0 Å². The first-order valence-electron chi connectivity index (χ1n) is 4.12.